The first-order valence-electron chi connectivity index (χ1n) is 10.5. The summed E-state index contributed by atoms with van der Waals surface area (Å²) in [5, 5.41) is 3.04. The number of hydrogen-bond acceptors (Lipinski definition) is 3. The van der Waals surface area contributed by atoms with Crippen LogP contribution in [0.5, 0.6) is 5.75 Å². The number of carbonyl (C=O) groups excluding carboxylic acids is 1. The molecule has 0 fully saturated rings. The molecule has 1 aliphatic heterocycles. The van der Waals surface area contributed by atoms with E-state index in [9.17, 15) is 9.18 Å². The van der Waals surface area contributed by atoms with E-state index in [4.69, 9.17) is 4.74 Å². The SMILES string of the molecule is CCc1c(C)sc2c1CCN(C(=O)Nc1cc(C)ccc1OC)C2c1ccc(F)cc1. The summed E-state index contributed by atoms with van der Waals surface area (Å²) in [6.07, 6.45) is 1.79. The molecule has 0 bridgehead atoms. The van der Waals surface area contributed by atoms with Crippen LogP contribution in [-0.2, 0) is 12.8 Å². The molecular weight excluding hydrogens is 411 g/mol. The predicted molar refractivity (Wildman–Crippen MR) is 124 cm³/mol. The fourth-order valence-corrected chi connectivity index (χ4v) is 5.86. The summed E-state index contributed by atoms with van der Waals surface area (Å²) < 4.78 is 19.1. The Morgan fingerprint density at radius 2 is 1.97 bits per heavy atom. The Kier molecular flexibility index (Phi) is 6.01. The van der Waals surface area contributed by atoms with E-state index in [0.29, 0.717) is 18.0 Å². The minimum Gasteiger partial charge on any atom is -0.495 e. The molecule has 162 valence electrons. The lowest BCUT2D eigenvalue weighted by molar-refractivity contribution is 0.195. The summed E-state index contributed by atoms with van der Waals surface area (Å²) >= 11 is 1.75. The quantitative estimate of drug-likeness (QED) is 0.523. The largest absolute Gasteiger partial charge is 0.495 e. The zero-order valence-corrected chi connectivity index (χ0v) is 19.1. The molecule has 0 radical (unpaired) electrons. The smallest absolute Gasteiger partial charge is 0.322 e. The van der Waals surface area contributed by atoms with Gasteiger partial charge in [-0.15, -0.1) is 11.3 Å². The number of anilines is 1. The second-order valence-corrected chi connectivity index (χ2v) is 9.12. The molecule has 0 aliphatic carbocycles. The van der Waals surface area contributed by atoms with E-state index in [0.717, 1.165) is 24.0 Å². The number of halogens is 1. The van der Waals surface area contributed by atoms with Crippen LogP contribution < -0.4 is 10.1 Å². The Labute approximate surface area is 186 Å². The van der Waals surface area contributed by atoms with Gasteiger partial charge < -0.3 is 15.0 Å². The molecule has 1 aliphatic rings. The maximum atomic E-state index is 13.6. The maximum Gasteiger partial charge on any atom is 0.322 e. The van der Waals surface area contributed by atoms with Crippen LogP contribution in [0, 0.1) is 19.7 Å². The van der Waals surface area contributed by atoms with Gasteiger partial charge in [0.25, 0.3) is 0 Å². The highest BCUT2D eigenvalue weighted by Crippen LogP contribution is 2.43. The van der Waals surface area contributed by atoms with E-state index in [1.54, 1.807) is 30.6 Å². The van der Waals surface area contributed by atoms with E-state index >= 15 is 0 Å². The van der Waals surface area contributed by atoms with E-state index in [2.05, 4.69) is 19.2 Å². The molecule has 2 aromatic carbocycles. The second-order valence-electron chi connectivity index (χ2n) is 7.86. The van der Waals surface area contributed by atoms with Crippen LogP contribution in [0.1, 0.15) is 45.0 Å². The van der Waals surface area contributed by atoms with Gasteiger partial charge in [0.05, 0.1) is 18.8 Å². The fraction of sp³-hybridized carbons (Fsp3) is 0.320. The number of thiophene rings is 1. The molecule has 2 amide bonds. The van der Waals surface area contributed by atoms with Gasteiger partial charge in [0.15, 0.2) is 0 Å². The third kappa shape index (κ3) is 4.04. The van der Waals surface area contributed by atoms with Crippen molar-refractivity contribution in [1.29, 1.82) is 0 Å². The van der Waals surface area contributed by atoms with Crippen LogP contribution in [0.15, 0.2) is 42.5 Å². The van der Waals surface area contributed by atoms with Crippen LogP contribution >= 0.6 is 11.3 Å². The number of hydrogen-bond donors (Lipinski definition) is 1. The highest BCUT2D eigenvalue weighted by Gasteiger charge is 2.35. The first kappa shape index (κ1) is 21.4. The molecular formula is C25H27FN2O2S. The fourth-order valence-electron chi connectivity index (χ4n) is 4.41. The first-order chi connectivity index (χ1) is 14.9. The number of amides is 2. The molecule has 4 rings (SSSR count). The summed E-state index contributed by atoms with van der Waals surface area (Å²) in [6, 6.07) is 11.8. The monoisotopic (exact) mass is 438 g/mol. The molecule has 0 saturated heterocycles. The number of methoxy groups -OCH3 is 1. The molecule has 1 aromatic heterocycles. The zero-order chi connectivity index (χ0) is 22.1. The number of nitrogens with zero attached hydrogens (tertiary/aromatic N) is 1. The number of fused-ring (bicyclic) bond motifs is 1. The average Bonchev–Trinajstić information content (AvgIpc) is 3.08. The predicted octanol–water partition coefficient (Wildman–Crippen LogP) is 6.25. The molecule has 4 nitrogen and oxygen atoms in total. The van der Waals surface area contributed by atoms with Gasteiger partial charge in [0.1, 0.15) is 11.6 Å². The Morgan fingerprint density at radius 3 is 2.65 bits per heavy atom. The number of carbonyl (C=O) groups is 1. The lowest BCUT2D eigenvalue weighted by atomic mass is 9.92. The summed E-state index contributed by atoms with van der Waals surface area (Å²) in [7, 11) is 1.59. The highest BCUT2D eigenvalue weighted by atomic mass is 32.1. The lowest BCUT2D eigenvalue weighted by Crippen LogP contribution is -2.42. The van der Waals surface area contributed by atoms with Gasteiger partial charge >= 0.3 is 6.03 Å². The standard InChI is InChI=1S/C25H27FN2O2S/c1-5-19-16(3)31-24-20(19)12-13-28(23(24)17-7-9-18(26)10-8-17)25(29)27-21-14-15(2)6-11-22(21)30-4/h6-11,14,23H,5,12-13H2,1-4H3,(H,27,29). The van der Waals surface area contributed by atoms with Crippen molar-refractivity contribution in [2.75, 3.05) is 19.0 Å². The van der Waals surface area contributed by atoms with Crippen LogP contribution in [0.2, 0.25) is 0 Å². The van der Waals surface area contributed by atoms with Crippen LogP contribution in [-0.4, -0.2) is 24.6 Å². The number of urea groups is 1. The van der Waals surface area contributed by atoms with Crippen molar-refractivity contribution in [3.8, 4) is 5.75 Å². The van der Waals surface area contributed by atoms with Gasteiger partial charge in [0, 0.05) is 16.3 Å². The topological polar surface area (TPSA) is 41.6 Å². The number of aryl methyl sites for hydroxylation is 2. The second kappa shape index (κ2) is 8.71. The Balaban J connectivity index is 1.74. The Bertz CT molecular complexity index is 1110. The lowest BCUT2D eigenvalue weighted by Gasteiger charge is -2.36. The van der Waals surface area contributed by atoms with Crippen molar-refractivity contribution in [2.24, 2.45) is 0 Å². The zero-order valence-electron chi connectivity index (χ0n) is 18.3. The minimum atomic E-state index is -0.281. The number of rotatable bonds is 4. The minimum absolute atomic E-state index is 0.187. The first-order valence-corrected chi connectivity index (χ1v) is 11.3. The van der Waals surface area contributed by atoms with Gasteiger partial charge in [-0.1, -0.05) is 25.1 Å². The summed E-state index contributed by atoms with van der Waals surface area (Å²) in [5.41, 5.74) is 5.32. The van der Waals surface area contributed by atoms with E-state index < -0.39 is 0 Å². The van der Waals surface area contributed by atoms with Crippen molar-refractivity contribution < 1.29 is 13.9 Å². The summed E-state index contributed by atoms with van der Waals surface area (Å²) in [5.74, 6) is 0.340. The molecule has 3 aromatic rings. The van der Waals surface area contributed by atoms with E-state index in [-0.39, 0.29) is 17.9 Å². The van der Waals surface area contributed by atoms with E-state index in [1.807, 2.05) is 30.0 Å². The summed E-state index contributed by atoms with van der Waals surface area (Å²) in [4.78, 5) is 17.8. The van der Waals surface area contributed by atoms with Gasteiger partial charge in [-0.3, -0.25) is 0 Å². The molecule has 0 spiro atoms. The number of benzene rings is 2. The Morgan fingerprint density at radius 1 is 1.23 bits per heavy atom. The van der Waals surface area contributed by atoms with Crippen LogP contribution in [0.3, 0.4) is 0 Å². The third-order valence-electron chi connectivity index (χ3n) is 5.91. The van der Waals surface area contributed by atoms with Crippen molar-refractivity contribution >= 4 is 23.1 Å². The molecule has 1 atom stereocenters. The van der Waals surface area contributed by atoms with Crippen molar-refractivity contribution in [3.63, 3.8) is 0 Å². The average molecular weight is 439 g/mol. The molecule has 6 heteroatoms. The van der Waals surface area contributed by atoms with Crippen LogP contribution in [0.4, 0.5) is 14.9 Å². The van der Waals surface area contributed by atoms with Gasteiger partial charge in [0.2, 0.25) is 0 Å². The van der Waals surface area contributed by atoms with Crippen molar-refractivity contribution in [3.05, 3.63) is 80.3 Å². The molecule has 1 N–H and O–H groups in total. The molecule has 1 unspecified atom stereocenters. The Hall–Kier alpha value is -2.86. The van der Waals surface area contributed by atoms with Gasteiger partial charge in [-0.25, -0.2) is 9.18 Å². The van der Waals surface area contributed by atoms with Crippen molar-refractivity contribution in [2.45, 2.75) is 39.7 Å². The number of nitrogens with one attached hydrogen (secondary N) is 1. The normalized spacial score (nSPS) is 15.5. The van der Waals surface area contributed by atoms with E-state index in [1.165, 1.54) is 33.0 Å². The van der Waals surface area contributed by atoms with Gasteiger partial charge in [-0.05, 0) is 73.2 Å². The molecule has 2 heterocycles. The number of ether oxygens (including phenoxy) is 1. The van der Waals surface area contributed by atoms with Gasteiger partial charge in [-0.2, -0.15) is 0 Å². The van der Waals surface area contributed by atoms with Crippen molar-refractivity contribution in [1.82, 2.24) is 4.90 Å². The molecule has 0 saturated carbocycles. The maximum absolute atomic E-state index is 13.6. The summed E-state index contributed by atoms with van der Waals surface area (Å²) in [6.45, 7) is 6.89. The molecule has 31 heavy (non-hydrogen) atoms. The van der Waals surface area contributed by atoms with Crippen LogP contribution in [0.25, 0.3) is 0 Å². The third-order valence-corrected chi connectivity index (χ3v) is 7.15. The highest BCUT2D eigenvalue weighted by molar-refractivity contribution is 7.12.